The minimum absolute atomic E-state index is 0.0858. The van der Waals surface area contributed by atoms with Crippen molar-refractivity contribution in [3.8, 4) is 0 Å². The maximum absolute atomic E-state index is 11.2. The van der Waals surface area contributed by atoms with Gasteiger partial charge < -0.3 is 9.52 Å². The van der Waals surface area contributed by atoms with E-state index in [9.17, 15) is 13.2 Å². The van der Waals surface area contributed by atoms with E-state index in [2.05, 4.69) is 10.2 Å². The standard InChI is InChI=1S/C8H10N2O5S/c11-8(12)7-10-9-6(15-7)5-1-3-16(13,14)4-2-5/h5H,1-4H2,(H,11,12). The molecule has 88 valence electrons. The van der Waals surface area contributed by atoms with E-state index in [0.29, 0.717) is 12.8 Å². The molecule has 0 unspecified atom stereocenters. The van der Waals surface area contributed by atoms with Gasteiger partial charge in [0.2, 0.25) is 5.89 Å². The van der Waals surface area contributed by atoms with Gasteiger partial charge in [-0.05, 0) is 12.8 Å². The number of aromatic carboxylic acids is 1. The normalized spacial score (nSPS) is 20.8. The van der Waals surface area contributed by atoms with Crippen LogP contribution in [0.2, 0.25) is 0 Å². The van der Waals surface area contributed by atoms with Gasteiger partial charge in [-0.25, -0.2) is 13.2 Å². The number of sulfone groups is 1. The Morgan fingerprint density at radius 3 is 2.44 bits per heavy atom. The first-order valence-electron chi connectivity index (χ1n) is 4.75. The second-order valence-corrected chi connectivity index (χ2v) is 5.98. The highest BCUT2D eigenvalue weighted by atomic mass is 32.2. The van der Waals surface area contributed by atoms with Crippen LogP contribution in [0.25, 0.3) is 0 Å². The molecule has 1 aliphatic rings. The zero-order valence-corrected chi connectivity index (χ0v) is 9.11. The monoisotopic (exact) mass is 246 g/mol. The Kier molecular flexibility index (Phi) is 2.66. The van der Waals surface area contributed by atoms with Gasteiger partial charge in [0.25, 0.3) is 0 Å². The van der Waals surface area contributed by atoms with Crippen molar-refractivity contribution in [1.29, 1.82) is 0 Å². The van der Waals surface area contributed by atoms with Gasteiger partial charge in [0.05, 0.1) is 11.5 Å². The molecule has 0 radical (unpaired) electrons. The van der Waals surface area contributed by atoms with E-state index in [0.717, 1.165) is 0 Å². The fourth-order valence-electron chi connectivity index (χ4n) is 1.62. The Hall–Kier alpha value is -1.44. The Morgan fingerprint density at radius 2 is 1.94 bits per heavy atom. The Labute approximate surface area is 91.4 Å². The van der Waals surface area contributed by atoms with Crippen molar-refractivity contribution in [2.45, 2.75) is 18.8 Å². The van der Waals surface area contributed by atoms with Crippen molar-refractivity contribution >= 4 is 15.8 Å². The van der Waals surface area contributed by atoms with E-state index in [-0.39, 0.29) is 23.3 Å². The summed E-state index contributed by atoms with van der Waals surface area (Å²) in [7, 11) is -2.94. The quantitative estimate of drug-likeness (QED) is 0.785. The predicted octanol–water partition coefficient (Wildman–Crippen LogP) is 0.0600. The van der Waals surface area contributed by atoms with E-state index in [1.807, 2.05) is 0 Å². The molecule has 1 aliphatic heterocycles. The third kappa shape index (κ3) is 2.21. The topological polar surface area (TPSA) is 110 Å². The van der Waals surface area contributed by atoms with E-state index in [4.69, 9.17) is 9.52 Å². The maximum atomic E-state index is 11.2. The van der Waals surface area contributed by atoms with Gasteiger partial charge >= 0.3 is 11.9 Å². The Bertz CT molecular complexity index is 492. The summed E-state index contributed by atoms with van der Waals surface area (Å²) in [6.45, 7) is 0. The molecule has 0 aromatic carbocycles. The lowest BCUT2D eigenvalue weighted by Gasteiger charge is -2.18. The van der Waals surface area contributed by atoms with Gasteiger partial charge in [-0.15, -0.1) is 10.2 Å². The van der Waals surface area contributed by atoms with Crippen molar-refractivity contribution in [3.63, 3.8) is 0 Å². The van der Waals surface area contributed by atoms with E-state index >= 15 is 0 Å². The number of carboxylic acids is 1. The van der Waals surface area contributed by atoms with Gasteiger partial charge in [0, 0.05) is 5.92 Å². The van der Waals surface area contributed by atoms with Crippen molar-refractivity contribution < 1.29 is 22.7 Å². The summed E-state index contributed by atoms with van der Waals surface area (Å²) in [5.74, 6) is -1.49. The summed E-state index contributed by atoms with van der Waals surface area (Å²) in [6, 6.07) is 0. The van der Waals surface area contributed by atoms with Crippen LogP contribution in [-0.2, 0) is 9.84 Å². The third-order valence-electron chi connectivity index (χ3n) is 2.53. The number of nitrogens with zero attached hydrogens (tertiary/aromatic N) is 2. The van der Waals surface area contributed by atoms with Crippen molar-refractivity contribution in [2.75, 3.05) is 11.5 Å². The fourth-order valence-corrected chi connectivity index (χ4v) is 3.11. The molecule has 1 aromatic heterocycles. The first kappa shape index (κ1) is 11.1. The molecule has 1 N–H and O–H groups in total. The SMILES string of the molecule is O=C(O)c1nnc(C2CCS(=O)(=O)CC2)o1. The van der Waals surface area contributed by atoms with Gasteiger partial charge in [0.15, 0.2) is 0 Å². The highest BCUT2D eigenvalue weighted by molar-refractivity contribution is 7.91. The molecule has 1 saturated heterocycles. The molecule has 8 heteroatoms. The average Bonchev–Trinajstić information content (AvgIpc) is 2.66. The predicted molar refractivity (Wildman–Crippen MR) is 51.9 cm³/mol. The highest BCUT2D eigenvalue weighted by Crippen LogP contribution is 2.27. The van der Waals surface area contributed by atoms with Crippen LogP contribution in [0.1, 0.15) is 35.3 Å². The van der Waals surface area contributed by atoms with E-state index < -0.39 is 21.7 Å². The average molecular weight is 246 g/mol. The van der Waals surface area contributed by atoms with Crippen molar-refractivity contribution in [2.24, 2.45) is 0 Å². The van der Waals surface area contributed by atoms with E-state index in [1.165, 1.54) is 0 Å². The number of rotatable bonds is 2. The minimum Gasteiger partial charge on any atom is -0.474 e. The zero-order valence-electron chi connectivity index (χ0n) is 8.29. The molecule has 0 amide bonds. The van der Waals surface area contributed by atoms with E-state index in [1.54, 1.807) is 0 Å². The van der Waals surface area contributed by atoms with Gasteiger partial charge in [-0.3, -0.25) is 0 Å². The van der Waals surface area contributed by atoms with Crippen LogP contribution in [0.5, 0.6) is 0 Å². The summed E-state index contributed by atoms with van der Waals surface area (Å²) in [5.41, 5.74) is 0. The molecular weight excluding hydrogens is 236 g/mol. The first-order chi connectivity index (χ1) is 7.48. The molecular formula is C8H10N2O5S. The third-order valence-corrected chi connectivity index (χ3v) is 4.24. The summed E-state index contributed by atoms with van der Waals surface area (Å²) < 4.78 is 27.3. The summed E-state index contributed by atoms with van der Waals surface area (Å²) in [4.78, 5) is 10.5. The van der Waals surface area contributed by atoms with Gasteiger partial charge in [0.1, 0.15) is 9.84 Å². The number of carbonyl (C=O) groups is 1. The summed E-state index contributed by atoms with van der Waals surface area (Å²) >= 11 is 0. The smallest absolute Gasteiger partial charge is 0.393 e. The van der Waals surface area contributed by atoms with Crippen molar-refractivity contribution in [3.05, 3.63) is 11.8 Å². The number of hydrogen-bond acceptors (Lipinski definition) is 6. The summed E-state index contributed by atoms with van der Waals surface area (Å²) in [5, 5.41) is 15.6. The number of carboxylic acid groups (broad SMARTS) is 1. The molecule has 0 atom stereocenters. The number of aromatic nitrogens is 2. The molecule has 0 bridgehead atoms. The molecule has 2 rings (SSSR count). The highest BCUT2D eigenvalue weighted by Gasteiger charge is 2.29. The van der Waals surface area contributed by atoms with Crippen LogP contribution < -0.4 is 0 Å². The molecule has 7 nitrogen and oxygen atoms in total. The van der Waals surface area contributed by atoms with Crippen LogP contribution >= 0.6 is 0 Å². The Morgan fingerprint density at radius 1 is 1.31 bits per heavy atom. The molecule has 0 spiro atoms. The molecule has 0 saturated carbocycles. The van der Waals surface area contributed by atoms with Gasteiger partial charge in [-0.2, -0.15) is 0 Å². The van der Waals surface area contributed by atoms with Crippen LogP contribution in [0.3, 0.4) is 0 Å². The fraction of sp³-hybridized carbons (Fsp3) is 0.625. The second kappa shape index (κ2) is 3.85. The number of hydrogen-bond donors (Lipinski definition) is 1. The maximum Gasteiger partial charge on any atom is 0.393 e. The summed E-state index contributed by atoms with van der Waals surface area (Å²) in [6.07, 6.45) is 0.813. The van der Waals surface area contributed by atoms with Gasteiger partial charge in [-0.1, -0.05) is 0 Å². The minimum atomic E-state index is -2.94. The first-order valence-corrected chi connectivity index (χ1v) is 6.57. The molecule has 1 fully saturated rings. The lowest BCUT2D eigenvalue weighted by molar-refractivity contribution is 0.0650. The van der Waals surface area contributed by atoms with Crippen LogP contribution in [0.15, 0.2) is 4.42 Å². The largest absolute Gasteiger partial charge is 0.474 e. The lowest BCUT2D eigenvalue weighted by atomic mass is 10.0. The zero-order chi connectivity index (χ0) is 11.8. The molecule has 0 aliphatic carbocycles. The Balaban J connectivity index is 2.11. The van der Waals surface area contributed by atoms with Crippen LogP contribution in [-0.4, -0.2) is 41.2 Å². The second-order valence-electron chi connectivity index (χ2n) is 3.68. The van der Waals surface area contributed by atoms with Crippen LogP contribution in [0, 0.1) is 0 Å². The molecule has 1 aromatic rings. The van der Waals surface area contributed by atoms with Crippen molar-refractivity contribution in [1.82, 2.24) is 10.2 Å². The molecule has 16 heavy (non-hydrogen) atoms. The van der Waals surface area contributed by atoms with Crippen LogP contribution in [0.4, 0.5) is 0 Å². The lowest BCUT2D eigenvalue weighted by Crippen LogP contribution is -2.22. The molecule has 2 heterocycles.